The Bertz CT molecular complexity index is 2950. The van der Waals surface area contributed by atoms with Crippen LogP contribution in [0.2, 0.25) is 0 Å². The first-order valence-electron chi connectivity index (χ1n) is 19.6. The van der Waals surface area contributed by atoms with E-state index in [1.165, 1.54) is 77.2 Å². The molecular weight excluding hydrogens is 687 g/mol. The molecule has 0 amide bonds. The quantitative estimate of drug-likeness (QED) is 0.141. The van der Waals surface area contributed by atoms with Crippen LogP contribution in [-0.4, -0.2) is 0 Å². The molecule has 0 spiro atoms. The van der Waals surface area contributed by atoms with Crippen molar-refractivity contribution in [3.05, 3.63) is 237 Å². The number of hydrogen-bond acceptors (Lipinski definition) is 1. The zero-order valence-electron chi connectivity index (χ0n) is 31.5. The fourth-order valence-corrected chi connectivity index (χ4v) is 8.22. The van der Waals surface area contributed by atoms with Crippen molar-refractivity contribution in [3.63, 3.8) is 0 Å². The molecule has 0 aliphatic heterocycles. The van der Waals surface area contributed by atoms with Gasteiger partial charge in [0.05, 0.1) is 0 Å². The second-order valence-corrected chi connectivity index (χ2v) is 14.5. The van der Waals surface area contributed by atoms with E-state index < -0.39 is 0 Å². The Kier molecular flexibility index (Phi) is 8.95. The van der Waals surface area contributed by atoms with Crippen LogP contribution in [0, 0.1) is 0 Å². The lowest BCUT2D eigenvalue weighted by molar-refractivity contribution is 1.28. The summed E-state index contributed by atoms with van der Waals surface area (Å²) in [6, 6.07) is 85.6. The predicted molar refractivity (Wildman–Crippen MR) is 243 cm³/mol. The lowest BCUT2D eigenvalue weighted by atomic mass is 9.92. The van der Waals surface area contributed by atoms with Crippen molar-refractivity contribution in [3.8, 4) is 55.6 Å². The lowest BCUT2D eigenvalue weighted by Gasteiger charge is -2.27. The second-order valence-electron chi connectivity index (χ2n) is 14.5. The van der Waals surface area contributed by atoms with Gasteiger partial charge in [0.15, 0.2) is 0 Å². The first-order valence-corrected chi connectivity index (χ1v) is 19.6. The topological polar surface area (TPSA) is 3.24 Å². The third kappa shape index (κ3) is 6.66. The lowest BCUT2D eigenvalue weighted by Crippen LogP contribution is -2.10. The van der Waals surface area contributed by atoms with Crippen molar-refractivity contribution in [1.82, 2.24) is 0 Å². The Morgan fingerprint density at radius 2 is 0.596 bits per heavy atom. The van der Waals surface area contributed by atoms with Crippen molar-refractivity contribution in [1.29, 1.82) is 0 Å². The molecule has 0 fully saturated rings. The number of rotatable bonds is 8. The molecule has 10 rings (SSSR count). The summed E-state index contributed by atoms with van der Waals surface area (Å²) in [6.45, 7) is 0. The Balaban J connectivity index is 1.11. The number of benzene rings is 10. The highest BCUT2D eigenvalue weighted by molar-refractivity contribution is 6.13. The van der Waals surface area contributed by atoms with E-state index in [0.717, 1.165) is 17.1 Å². The molecule has 0 unspecified atom stereocenters. The Morgan fingerprint density at radius 3 is 1.19 bits per heavy atom. The van der Waals surface area contributed by atoms with Gasteiger partial charge in [-0.05, 0) is 120 Å². The molecular formula is C56H39N. The molecule has 10 aromatic carbocycles. The zero-order valence-corrected chi connectivity index (χ0v) is 31.5. The molecule has 0 bridgehead atoms. The number of nitrogens with zero attached hydrogens (tertiary/aromatic N) is 1. The SMILES string of the molecule is c1ccc(-c2ccc(-c3cc(N(c4ccc(-c5ccccc5)cc4)c4ccc(-c5cc6ccccc6c6ccccc56)cc4)ccc3-c3ccccc3)cc2)cc1. The Morgan fingerprint density at radius 1 is 0.211 bits per heavy atom. The summed E-state index contributed by atoms with van der Waals surface area (Å²) in [6.07, 6.45) is 0. The molecule has 57 heavy (non-hydrogen) atoms. The van der Waals surface area contributed by atoms with Gasteiger partial charge in [-0.2, -0.15) is 0 Å². The summed E-state index contributed by atoms with van der Waals surface area (Å²) in [5, 5.41) is 5.07. The van der Waals surface area contributed by atoms with Crippen molar-refractivity contribution >= 4 is 38.6 Å². The molecule has 1 nitrogen and oxygen atoms in total. The molecule has 0 radical (unpaired) electrons. The minimum absolute atomic E-state index is 1.09. The van der Waals surface area contributed by atoms with Crippen LogP contribution < -0.4 is 4.90 Å². The normalized spacial score (nSPS) is 11.2. The molecule has 0 heterocycles. The minimum atomic E-state index is 1.09. The third-order valence-corrected chi connectivity index (χ3v) is 11.1. The summed E-state index contributed by atoms with van der Waals surface area (Å²) in [5.41, 5.74) is 15.3. The highest BCUT2D eigenvalue weighted by Crippen LogP contribution is 2.43. The molecule has 0 N–H and O–H groups in total. The fourth-order valence-electron chi connectivity index (χ4n) is 8.22. The first-order chi connectivity index (χ1) is 28.3. The zero-order chi connectivity index (χ0) is 38.0. The summed E-state index contributed by atoms with van der Waals surface area (Å²) in [5.74, 6) is 0. The standard InChI is InChI=1S/C56H39N/c1-4-14-40(15-5-1)42-24-26-45(27-25-42)56-39-50(36-37-52(56)44-18-8-3-9-19-44)57(48-32-28-43(29-33-48)41-16-6-2-7-17-41)49-34-30-46(31-35-49)55-38-47-20-10-11-21-51(47)53-22-12-13-23-54(53)55/h1-39H. The molecule has 0 aliphatic rings. The van der Waals surface area contributed by atoms with Crippen molar-refractivity contribution in [2.75, 3.05) is 4.90 Å². The van der Waals surface area contributed by atoms with E-state index in [2.05, 4.69) is 241 Å². The first kappa shape index (κ1) is 34.0. The van der Waals surface area contributed by atoms with Crippen LogP contribution in [0.15, 0.2) is 237 Å². The average molecular weight is 726 g/mol. The summed E-state index contributed by atoms with van der Waals surface area (Å²) in [7, 11) is 0. The van der Waals surface area contributed by atoms with Gasteiger partial charge < -0.3 is 4.90 Å². The molecule has 1 heteroatoms. The van der Waals surface area contributed by atoms with E-state index in [1.807, 2.05) is 0 Å². The van der Waals surface area contributed by atoms with Gasteiger partial charge in [0.1, 0.15) is 0 Å². The molecule has 0 aromatic heterocycles. The van der Waals surface area contributed by atoms with E-state index in [-0.39, 0.29) is 0 Å². The van der Waals surface area contributed by atoms with Crippen LogP contribution in [0.5, 0.6) is 0 Å². The number of anilines is 3. The van der Waals surface area contributed by atoms with Crippen molar-refractivity contribution in [2.45, 2.75) is 0 Å². The van der Waals surface area contributed by atoms with Gasteiger partial charge in [-0.1, -0.05) is 194 Å². The van der Waals surface area contributed by atoms with E-state index >= 15 is 0 Å². The van der Waals surface area contributed by atoms with Gasteiger partial charge in [-0.15, -0.1) is 0 Å². The molecule has 0 saturated heterocycles. The molecule has 0 atom stereocenters. The maximum absolute atomic E-state index is 2.38. The monoisotopic (exact) mass is 725 g/mol. The Labute approximate surface area is 334 Å². The second kappa shape index (κ2) is 15.0. The van der Waals surface area contributed by atoms with Gasteiger partial charge in [-0.25, -0.2) is 0 Å². The highest BCUT2D eigenvalue weighted by atomic mass is 15.1. The van der Waals surface area contributed by atoms with E-state index in [0.29, 0.717) is 0 Å². The Hall–Kier alpha value is -7.48. The highest BCUT2D eigenvalue weighted by Gasteiger charge is 2.18. The van der Waals surface area contributed by atoms with Crippen LogP contribution in [0.25, 0.3) is 77.2 Å². The summed E-state index contributed by atoms with van der Waals surface area (Å²) >= 11 is 0. The average Bonchev–Trinajstić information content (AvgIpc) is 3.30. The van der Waals surface area contributed by atoms with Crippen LogP contribution in [-0.2, 0) is 0 Å². The van der Waals surface area contributed by atoms with Gasteiger partial charge >= 0.3 is 0 Å². The van der Waals surface area contributed by atoms with Gasteiger partial charge in [0.25, 0.3) is 0 Å². The molecule has 10 aromatic rings. The number of fused-ring (bicyclic) bond motifs is 3. The third-order valence-electron chi connectivity index (χ3n) is 11.1. The summed E-state index contributed by atoms with van der Waals surface area (Å²) in [4.78, 5) is 2.38. The molecule has 0 aliphatic carbocycles. The minimum Gasteiger partial charge on any atom is -0.310 e. The maximum Gasteiger partial charge on any atom is 0.0468 e. The van der Waals surface area contributed by atoms with Crippen molar-refractivity contribution < 1.29 is 0 Å². The predicted octanol–water partition coefficient (Wildman–Crippen LogP) is 15.8. The number of hydrogen-bond donors (Lipinski definition) is 0. The van der Waals surface area contributed by atoms with Gasteiger partial charge in [-0.3, -0.25) is 0 Å². The van der Waals surface area contributed by atoms with Crippen molar-refractivity contribution in [2.24, 2.45) is 0 Å². The molecule has 0 saturated carbocycles. The van der Waals surface area contributed by atoms with Crippen LogP contribution >= 0.6 is 0 Å². The van der Waals surface area contributed by atoms with Gasteiger partial charge in [0, 0.05) is 17.1 Å². The van der Waals surface area contributed by atoms with Crippen LogP contribution in [0.4, 0.5) is 17.1 Å². The smallest absolute Gasteiger partial charge is 0.0468 e. The summed E-state index contributed by atoms with van der Waals surface area (Å²) < 4.78 is 0. The fraction of sp³-hybridized carbons (Fsp3) is 0. The maximum atomic E-state index is 2.38. The van der Waals surface area contributed by atoms with E-state index in [9.17, 15) is 0 Å². The van der Waals surface area contributed by atoms with Gasteiger partial charge in [0.2, 0.25) is 0 Å². The largest absolute Gasteiger partial charge is 0.310 e. The van der Waals surface area contributed by atoms with E-state index in [4.69, 9.17) is 0 Å². The van der Waals surface area contributed by atoms with Crippen LogP contribution in [0.3, 0.4) is 0 Å². The molecule has 268 valence electrons. The van der Waals surface area contributed by atoms with Crippen LogP contribution in [0.1, 0.15) is 0 Å². The van der Waals surface area contributed by atoms with E-state index in [1.54, 1.807) is 0 Å².